The molecule has 0 spiro atoms. The van der Waals surface area contributed by atoms with E-state index in [1.807, 2.05) is 18.2 Å². The maximum absolute atomic E-state index is 12.1. The van der Waals surface area contributed by atoms with Crippen LogP contribution in [0.15, 0.2) is 54.6 Å². The molecule has 0 aliphatic rings. The van der Waals surface area contributed by atoms with E-state index in [0.29, 0.717) is 12.2 Å². The van der Waals surface area contributed by atoms with E-state index < -0.39 is 0 Å². The van der Waals surface area contributed by atoms with Crippen molar-refractivity contribution in [1.82, 2.24) is 25.5 Å². The number of nitrogens with one attached hydrogen (secondary N) is 1. The summed E-state index contributed by atoms with van der Waals surface area (Å²) in [6, 6.07) is 17.3. The first-order valence-electron chi connectivity index (χ1n) is 8.03. The number of tetrazole rings is 1. The van der Waals surface area contributed by atoms with Gasteiger partial charge in [-0.1, -0.05) is 30.3 Å². The lowest BCUT2D eigenvalue weighted by atomic mass is 10.1. The Labute approximate surface area is 145 Å². The fraction of sp³-hybridized carbons (Fsp3) is 0.222. The van der Waals surface area contributed by atoms with E-state index >= 15 is 0 Å². The SMILES string of the molecule is COc1ccc(-n2nnc(C(=O)NCCCc3ccccc3)n2)cc1. The first-order valence-corrected chi connectivity index (χ1v) is 8.03. The summed E-state index contributed by atoms with van der Waals surface area (Å²) in [6.07, 6.45) is 1.76. The van der Waals surface area contributed by atoms with Gasteiger partial charge in [-0.25, -0.2) is 0 Å². The van der Waals surface area contributed by atoms with Crippen LogP contribution in [0, 0.1) is 0 Å². The van der Waals surface area contributed by atoms with Crippen molar-refractivity contribution in [3.05, 3.63) is 66.0 Å². The zero-order valence-electron chi connectivity index (χ0n) is 13.9. The molecule has 0 atom stereocenters. The van der Waals surface area contributed by atoms with Crippen molar-refractivity contribution in [1.29, 1.82) is 0 Å². The second-order valence-corrected chi connectivity index (χ2v) is 5.45. The number of hydrogen-bond donors (Lipinski definition) is 1. The number of carbonyl (C=O) groups excluding carboxylic acids is 1. The Morgan fingerprint density at radius 1 is 1.12 bits per heavy atom. The molecule has 3 rings (SSSR count). The molecule has 1 amide bonds. The molecule has 7 nitrogen and oxygen atoms in total. The van der Waals surface area contributed by atoms with Gasteiger partial charge in [-0.05, 0) is 47.9 Å². The minimum Gasteiger partial charge on any atom is -0.497 e. The molecule has 1 aromatic heterocycles. The van der Waals surface area contributed by atoms with Gasteiger partial charge in [0.05, 0.1) is 12.8 Å². The van der Waals surface area contributed by atoms with Crippen LogP contribution >= 0.6 is 0 Å². The summed E-state index contributed by atoms with van der Waals surface area (Å²) >= 11 is 0. The van der Waals surface area contributed by atoms with E-state index in [2.05, 4.69) is 32.9 Å². The maximum atomic E-state index is 12.1. The monoisotopic (exact) mass is 337 g/mol. The summed E-state index contributed by atoms with van der Waals surface area (Å²) in [7, 11) is 1.60. The molecule has 128 valence electrons. The van der Waals surface area contributed by atoms with Gasteiger partial charge < -0.3 is 10.1 Å². The first kappa shape index (κ1) is 16.6. The Morgan fingerprint density at radius 3 is 2.60 bits per heavy atom. The number of amides is 1. The van der Waals surface area contributed by atoms with Gasteiger partial charge in [0, 0.05) is 6.54 Å². The molecule has 3 aromatic rings. The number of carbonyl (C=O) groups is 1. The van der Waals surface area contributed by atoms with Crippen molar-refractivity contribution < 1.29 is 9.53 Å². The third-order valence-corrected chi connectivity index (χ3v) is 3.69. The summed E-state index contributed by atoms with van der Waals surface area (Å²) in [5.41, 5.74) is 1.96. The van der Waals surface area contributed by atoms with E-state index in [1.165, 1.54) is 10.4 Å². The van der Waals surface area contributed by atoms with Crippen molar-refractivity contribution in [2.75, 3.05) is 13.7 Å². The summed E-state index contributed by atoms with van der Waals surface area (Å²) < 4.78 is 5.11. The van der Waals surface area contributed by atoms with Crippen LogP contribution in [0.1, 0.15) is 22.6 Å². The third kappa shape index (κ3) is 4.41. The number of aryl methyl sites for hydroxylation is 1. The van der Waals surface area contributed by atoms with E-state index in [0.717, 1.165) is 18.6 Å². The molecule has 25 heavy (non-hydrogen) atoms. The van der Waals surface area contributed by atoms with Gasteiger partial charge in [-0.15, -0.1) is 15.0 Å². The van der Waals surface area contributed by atoms with Crippen molar-refractivity contribution in [2.24, 2.45) is 0 Å². The molecule has 0 fully saturated rings. The summed E-state index contributed by atoms with van der Waals surface area (Å²) in [5, 5.41) is 14.7. The van der Waals surface area contributed by atoms with Crippen LogP contribution in [-0.2, 0) is 6.42 Å². The topological polar surface area (TPSA) is 81.9 Å². The molecular formula is C18H19N5O2. The minimum atomic E-state index is -0.326. The summed E-state index contributed by atoms with van der Waals surface area (Å²) in [5.74, 6) is 0.462. The Hall–Kier alpha value is -3.22. The van der Waals surface area contributed by atoms with Gasteiger partial charge in [0.1, 0.15) is 5.75 Å². The van der Waals surface area contributed by atoms with Crippen LogP contribution in [-0.4, -0.2) is 39.8 Å². The summed E-state index contributed by atoms with van der Waals surface area (Å²) in [6.45, 7) is 0.560. The smallest absolute Gasteiger partial charge is 0.292 e. The molecule has 0 unspecified atom stereocenters. The van der Waals surface area contributed by atoms with Gasteiger partial charge >= 0.3 is 0 Å². The van der Waals surface area contributed by atoms with Crippen LogP contribution in [0.3, 0.4) is 0 Å². The number of nitrogens with zero attached hydrogens (tertiary/aromatic N) is 4. The fourth-order valence-electron chi connectivity index (χ4n) is 2.35. The van der Waals surface area contributed by atoms with E-state index in [9.17, 15) is 4.79 Å². The molecule has 1 N–H and O–H groups in total. The van der Waals surface area contributed by atoms with Crippen LogP contribution in [0.2, 0.25) is 0 Å². The Balaban J connectivity index is 1.51. The van der Waals surface area contributed by atoms with Crippen molar-refractivity contribution in [3.8, 4) is 11.4 Å². The number of aromatic nitrogens is 4. The molecule has 2 aromatic carbocycles. The zero-order valence-corrected chi connectivity index (χ0v) is 13.9. The molecule has 0 aliphatic heterocycles. The van der Waals surface area contributed by atoms with Gasteiger partial charge in [-0.2, -0.15) is 0 Å². The number of methoxy groups -OCH3 is 1. The van der Waals surface area contributed by atoms with Gasteiger partial charge in [-0.3, -0.25) is 4.79 Å². The number of hydrogen-bond acceptors (Lipinski definition) is 5. The zero-order chi connectivity index (χ0) is 17.5. The Bertz CT molecular complexity index is 815. The predicted molar refractivity (Wildman–Crippen MR) is 92.8 cm³/mol. The second kappa shape index (κ2) is 8.05. The Kier molecular flexibility index (Phi) is 5.36. The number of benzene rings is 2. The Morgan fingerprint density at radius 2 is 1.88 bits per heavy atom. The first-order chi connectivity index (χ1) is 12.3. The fourth-order valence-corrected chi connectivity index (χ4v) is 2.35. The number of rotatable bonds is 7. The van der Waals surface area contributed by atoms with Crippen LogP contribution in [0.5, 0.6) is 5.75 Å². The average molecular weight is 337 g/mol. The van der Waals surface area contributed by atoms with Crippen LogP contribution in [0.25, 0.3) is 5.69 Å². The quantitative estimate of drug-likeness (QED) is 0.667. The summed E-state index contributed by atoms with van der Waals surface area (Å²) in [4.78, 5) is 13.4. The highest BCUT2D eigenvalue weighted by Gasteiger charge is 2.13. The normalized spacial score (nSPS) is 10.4. The second-order valence-electron chi connectivity index (χ2n) is 5.45. The average Bonchev–Trinajstić information content (AvgIpc) is 3.16. The molecule has 0 saturated heterocycles. The highest BCUT2D eigenvalue weighted by molar-refractivity contribution is 5.90. The maximum Gasteiger partial charge on any atom is 0.292 e. The van der Waals surface area contributed by atoms with E-state index in [1.54, 1.807) is 31.4 Å². The third-order valence-electron chi connectivity index (χ3n) is 3.69. The highest BCUT2D eigenvalue weighted by Crippen LogP contribution is 2.13. The van der Waals surface area contributed by atoms with Gasteiger partial charge in [0.2, 0.25) is 0 Å². The van der Waals surface area contributed by atoms with Crippen molar-refractivity contribution in [2.45, 2.75) is 12.8 Å². The molecule has 0 saturated carbocycles. The lowest BCUT2D eigenvalue weighted by Crippen LogP contribution is -2.26. The largest absolute Gasteiger partial charge is 0.497 e. The molecular weight excluding hydrogens is 318 g/mol. The van der Waals surface area contributed by atoms with Crippen molar-refractivity contribution in [3.63, 3.8) is 0 Å². The molecule has 0 radical (unpaired) electrons. The molecule has 1 heterocycles. The molecule has 0 aliphatic carbocycles. The molecule has 0 bridgehead atoms. The lowest BCUT2D eigenvalue weighted by molar-refractivity contribution is 0.0942. The molecule has 7 heteroatoms. The standard InChI is InChI=1S/C18H19N5O2/c1-25-16-11-9-15(10-12-16)23-21-17(20-22-23)18(24)19-13-5-8-14-6-3-2-4-7-14/h2-4,6-7,9-12H,5,8,13H2,1H3,(H,19,24). The minimum absolute atomic E-state index is 0.0514. The van der Waals surface area contributed by atoms with Crippen LogP contribution in [0.4, 0.5) is 0 Å². The van der Waals surface area contributed by atoms with Gasteiger partial charge in [0.25, 0.3) is 11.7 Å². The highest BCUT2D eigenvalue weighted by atomic mass is 16.5. The van der Waals surface area contributed by atoms with Crippen LogP contribution < -0.4 is 10.1 Å². The lowest BCUT2D eigenvalue weighted by Gasteiger charge is -2.03. The van der Waals surface area contributed by atoms with Crippen molar-refractivity contribution >= 4 is 5.91 Å². The van der Waals surface area contributed by atoms with Gasteiger partial charge in [0.15, 0.2) is 0 Å². The predicted octanol–water partition coefficient (Wildman–Crippen LogP) is 2.03. The van der Waals surface area contributed by atoms with E-state index in [-0.39, 0.29) is 11.7 Å². The number of ether oxygens (including phenoxy) is 1. The van der Waals surface area contributed by atoms with E-state index in [4.69, 9.17) is 4.74 Å².